The molecule has 7 heteroatoms. The van der Waals surface area contributed by atoms with E-state index in [9.17, 15) is 9.59 Å². The molecule has 7 nitrogen and oxygen atoms in total. The number of nitrogen functional groups attached to an aromatic ring is 1. The average molecular weight is 349 g/mol. The Balaban J connectivity index is 2.20. The quantitative estimate of drug-likeness (QED) is 0.652. The van der Waals surface area contributed by atoms with Gasteiger partial charge in [-0.1, -0.05) is 6.07 Å². The first-order chi connectivity index (χ1) is 11.6. The van der Waals surface area contributed by atoms with Crippen molar-refractivity contribution < 1.29 is 19.1 Å². The van der Waals surface area contributed by atoms with Crippen LogP contribution in [-0.4, -0.2) is 55.3 Å². The lowest BCUT2D eigenvalue weighted by Crippen LogP contribution is -2.55. The number of ether oxygens (including phenoxy) is 2. The van der Waals surface area contributed by atoms with Gasteiger partial charge in [-0.05, 0) is 39.8 Å². The topological polar surface area (TPSA) is 85.1 Å². The van der Waals surface area contributed by atoms with Gasteiger partial charge >= 0.3 is 12.1 Å². The largest absolute Gasteiger partial charge is 0.465 e. The monoisotopic (exact) mass is 349 g/mol. The maximum Gasteiger partial charge on any atom is 0.410 e. The molecule has 2 N–H and O–H groups in total. The van der Waals surface area contributed by atoms with Gasteiger partial charge in [0.15, 0.2) is 0 Å². The maximum absolute atomic E-state index is 12.3. The average Bonchev–Trinajstić information content (AvgIpc) is 2.52. The fourth-order valence-corrected chi connectivity index (χ4v) is 2.94. The molecule has 0 aliphatic carbocycles. The van der Waals surface area contributed by atoms with Crippen LogP contribution in [0, 0.1) is 0 Å². The number of rotatable bonds is 2. The maximum atomic E-state index is 12.3. The van der Waals surface area contributed by atoms with Crippen LogP contribution >= 0.6 is 0 Å². The van der Waals surface area contributed by atoms with Gasteiger partial charge in [0, 0.05) is 25.7 Å². The second kappa shape index (κ2) is 7.21. The third-order valence-electron chi connectivity index (χ3n) is 4.04. The van der Waals surface area contributed by atoms with Crippen molar-refractivity contribution in [1.29, 1.82) is 0 Å². The van der Waals surface area contributed by atoms with Gasteiger partial charge in [0.05, 0.1) is 24.0 Å². The first-order valence-corrected chi connectivity index (χ1v) is 8.35. The fourth-order valence-electron chi connectivity index (χ4n) is 2.94. The number of amides is 1. The molecule has 0 bridgehead atoms. The van der Waals surface area contributed by atoms with E-state index in [0.717, 1.165) is 0 Å². The molecule has 2 rings (SSSR count). The molecule has 1 unspecified atom stereocenters. The Morgan fingerprint density at radius 2 is 1.92 bits per heavy atom. The molecule has 25 heavy (non-hydrogen) atoms. The van der Waals surface area contributed by atoms with Gasteiger partial charge in [-0.2, -0.15) is 0 Å². The Kier molecular flexibility index (Phi) is 5.45. The van der Waals surface area contributed by atoms with Crippen molar-refractivity contribution in [1.82, 2.24) is 4.90 Å². The normalized spacial score (nSPS) is 18.0. The molecule has 1 aliphatic heterocycles. The summed E-state index contributed by atoms with van der Waals surface area (Å²) in [4.78, 5) is 28.1. The zero-order valence-corrected chi connectivity index (χ0v) is 15.5. The number of hydrogen-bond donors (Lipinski definition) is 1. The summed E-state index contributed by atoms with van der Waals surface area (Å²) in [5.41, 5.74) is 7.20. The molecular weight excluding hydrogens is 322 g/mol. The number of anilines is 2. The van der Waals surface area contributed by atoms with Crippen molar-refractivity contribution in [3.63, 3.8) is 0 Å². The molecule has 1 heterocycles. The lowest BCUT2D eigenvalue weighted by atomic mass is 10.1. The first-order valence-electron chi connectivity index (χ1n) is 8.35. The van der Waals surface area contributed by atoms with Crippen molar-refractivity contribution in [2.75, 3.05) is 37.4 Å². The molecule has 138 valence electrons. The van der Waals surface area contributed by atoms with Gasteiger partial charge in [-0.25, -0.2) is 9.59 Å². The number of benzene rings is 1. The molecule has 1 aromatic rings. The number of methoxy groups -OCH3 is 1. The van der Waals surface area contributed by atoms with Gasteiger partial charge in [-0.3, -0.25) is 0 Å². The van der Waals surface area contributed by atoms with E-state index in [1.54, 1.807) is 23.1 Å². The van der Waals surface area contributed by atoms with Gasteiger partial charge in [0.25, 0.3) is 0 Å². The highest BCUT2D eigenvalue weighted by atomic mass is 16.6. The van der Waals surface area contributed by atoms with Crippen LogP contribution in [0.5, 0.6) is 0 Å². The van der Waals surface area contributed by atoms with Crippen LogP contribution in [0.4, 0.5) is 16.2 Å². The third-order valence-corrected chi connectivity index (χ3v) is 4.04. The zero-order valence-electron chi connectivity index (χ0n) is 15.5. The molecule has 1 aromatic carbocycles. The number of nitrogens with two attached hydrogens (primary N) is 1. The molecule has 1 amide bonds. The van der Waals surface area contributed by atoms with Crippen LogP contribution in [-0.2, 0) is 9.47 Å². The van der Waals surface area contributed by atoms with Crippen LogP contribution in [0.15, 0.2) is 18.2 Å². The number of para-hydroxylation sites is 1. The molecule has 0 spiro atoms. The Hall–Kier alpha value is -2.44. The summed E-state index contributed by atoms with van der Waals surface area (Å²) in [5, 5.41) is 0. The summed E-state index contributed by atoms with van der Waals surface area (Å²) < 4.78 is 10.3. The highest BCUT2D eigenvalue weighted by Crippen LogP contribution is 2.31. The highest BCUT2D eigenvalue weighted by molar-refractivity contribution is 5.99. The van der Waals surface area contributed by atoms with E-state index in [0.29, 0.717) is 36.6 Å². The van der Waals surface area contributed by atoms with E-state index in [4.69, 9.17) is 15.2 Å². The Labute approximate surface area is 148 Å². The summed E-state index contributed by atoms with van der Waals surface area (Å²) >= 11 is 0. The highest BCUT2D eigenvalue weighted by Gasteiger charge is 2.32. The van der Waals surface area contributed by atoms with Gasteiger partial charge < -0.3 is 25.0 Å². The molecular formula is C18H27N3O4. The molecule has 1 aliphatic rings. The molecule has 1 fully saturated rings. The van der Waals surface area contributed by atoms with E-state index >= 15 is 0 Å². The minimum Gasteiger partial charge on any atom is -0.465 e. The van der Waals surface area contributed by atoms with Crippen LogP contribution in [0.3, 0.4) is 0 Å². The number of piperazine rings is 1. The predicted octanol–water partition coefficient (Wildman–Crippen LogP) is 2.50. The number of carbonyl (C=O) groups is 2. The number of nitrogens with zero attached hydrogens (tertiary/aromatic N) is 2. The minimum atomic E-state index is -0.528. The fraction of sp³-hybridized carbons (Fsp3) is 0.556. The van der Waals surface area contributed by atoms with Gasteiger partial charge in [0.1, 0.15) is 5.60 Å². The van der Waals surface area contributed by atoms with Crippen molar-refractivity contribution in [3.8, 4) is 0 Å². The zero-order chi connectivity index (χ0) is 18.8. The van der Waals surface area contributed by atoms with Crippen molar-refractivity contribution >= 4 is 23.4 Å². The Bertz CT molecular complexity index is 654. The number of carbonyl (C=O) groups excluding carboxylic acids is 2. The number of hydrogen-bond acceptors (Lipinski definition) is 6. The van der Waals surface area contributed by atoms with Gasteiger partial charge in [0.2, 0.25) is 0 Å². The van der Waals surface area contributed by atoms with Crippen LogP contribution in [0.1, 0.15) is 38.1 Å². The third kappa shape index (κ3) is 4.35. The summed E-state index contributed by atoms with van der Waals surface area (Å²) in [7, 11) is 1.35. The standard InChI is InChI=1S/C18H27N3O4/c1-12-11-20(17(23)25-18(2,3)4)9-10-21(12)15-13(16(22)24-5)7-6-8-14(15)19/h6-8,12H,9-11,19H2,1-5H3. The molecule has 0 aromatic heterocycles. The van der Waals surface area contributed by atoms with E-state index in [2.05, 4.69) is 0 Å². The second-order valence-electron chi connectivity index (χ2n) is 7.20. The molecule has 0 saturated carbocycles. The summed E-state index contributed by atoms with van der Waals surface area (Å²) in [6, 6.07) is 5.17. The second-order valence-corrected chi connectivity index (χ2v) is 7.20. The van der Waals surface area contributed by atoms with Crippen molar-refractivity contribution in [2.24, 2.45) is 0 Å². The van der Waals surface area contributed by atoms with Gasteiger partial charge in [-0.15, -0.1) is 0 Å². The lowest BCUT2D eigenvalue weighted by molar-refractivity contribution is 0.0218. The SMILES string of the molecule is COC(=O)c1cccc(N)c1N1CCN(C(=O)OC(C)(C)C)CC1C. The predicted molar refractivity (Wildman–Crippen MR) is 96.8 cm³/mol. The summed E-state index contributed by atoms with van der Waals surface area (Å²) in [6.45, 7) is 9.06. The minimum absolute atomic E-state index is 0.0191. The molecule has 1 saturated heterocycles. The van der Waals surface area contributed by atoms with Crippen molar-refractivity contribution in [3.05, 3.63) is 23.8 Å². The smallest absolute Gasteiger partial charge is 0.410 e. The first kappa shape index (κ1) is 18.9. The van der Waals surface area contributed by atoms with E-state index < -0.39 is 11.6 Å². The van der Waals surface area contributed by atoms with E-state index in [-0.39, 0.29) is 12.1 Å². The summed E-state index contributed by atoms with van der Waals surface area (Å²) in [6.07, 6.45) is -0.326. The van der Waals surface area contributed by atoms with Crippen LogP contribution < -0.4 is 10.6 Å². The molecule has 0 radical (unpaired) electrons. The van der Waals surface area contributed by atoms with E-state index in [1.165, 1.54) is 7.11 Å². The van der Waals surface area contributed by atoms with E-state index in [1.807, 2.05) is 32.6 Å². The Morgan fingerprint density at radius 1 is 1.24 bits per heavy atom. The summed E-state index contributed by atoms with van der Waals surface area (Å²) in [5.74, 6) is -0.427. The molecule has 1 atom stereocenters. The number of esters is 1. The van der Waals surface area contributed by atoms with Crippen molar-refractivity contribution in [2.45, 2.75) is 39.3 Å². The van der Waals surface area contributed by atoms with Crippen LogP contribution in [0.25, 0.3) is 0 Å². The lowest BCUT2D eigenvalue weighted by Gasteiger charge is -2.42. The Morgan fingerprint density at radius 3 is 2.48 bits per heavy atom. The van der Waals surface area contributed by atoms with Crippen LogP contribution in [0.2, 0.25) is 0 Å².